The van der Waals surface area contributed by atoms with Crippen LogP contribution in [0, 0.1) is 0 Å². The first-order chi connectivity index (χ1) is 12.2. The zero-order valence-corrected chi connectivity index (χ0v) is 14.4. The summed E-state index contributed by atoms with van der Waals surface area (Å²) in [5.41, 5.74) is 4.19. The normalized spacial score (nSPS) is 21.6. The summed E-state index contributed by atoms with van der Waals surface area (Å²) in [6.45, 7) is 4.34. The van der Waals surface area contributed by atoms with Crippen LogP contribution in [0.2, 0.25) is 0 Å². The van der Waals surface area contributed by atoms with Gasteiger partial charge in [-0.2, -0.15) is 0 Å². The molecule has 2 aliphatic rings. The number of aromatic nitrogens is 4. The second-order valence-electron chi connectivity index (χ2n) is 7.45. The minimum Gasteiger partial charge on any atom is -0.366 e. The lowest BCUT2D eigenvalue weighted by molar-refractivity contribution is 0.739. The molecule has 0 unspecified atom stereocenters. The van der Waals surface area contributed by atoms with E-state index in [1.165, 1.54) is 12.8 Å². The molecule has 2 N–H and O–H groups in total. The van der Waals surface area contributed by atoms with Crippen molar-refractivity contribution < 1.29 is 0 Å². The number of hydrogen-bond acceptors (Lipinski definition) is 5. The van der Waals surface area contributed by atoms with E-state index in [2.05, 4.69) is 44.2 Å². The van der Waals surface area contributed by atoms with Gasteiger partial charge in [-0.3, -0.25) is 9.38 Å². The van der Waals surface area contributed by atoms with Crippen LogP contribution in [0.3, 0.4) is 0 Å². The highest BCUT2D eigenvalue weighted by Crippen LogP contribution is 2.46. The van der Waals surface area contributed by atoms with Crippen LogP contribution in [0.25, 0.3) is 17.0 Å². The van der Waals surface area contributed by atoms with E-state index >= 15 is 0 Å². The number of hydrogen-bond donors (Lipinski definition) is 2. The maximum atomic E-state index is 4.82. The third-order valence-corrected chi connectivity index (χ3v) is 5.44. The molecule has 1 saturated heterocycles. The van der Waals surface area contributed by atoms with Gasteiger partial charge in [0.05, 0.1) is 29.5 Å². The van der Waals surface area contributed by atoms with Gasteiger partial charge in [-0.05, 0) is 37.9 Å². The second kappa shape index (κ2) is 5.52. The molecule has 5 rings (SSSR count). The Hall–Kier alpha value is -2.47. The van der Waals surface area contributed by atoms with Gasteiger partial charge in [0.2, 0.25) is 0 Å². The molecule has 1 aliphatic heterocycles. The van der Waals surface area contributed by atoms with E-state index in [1.54, 1.807) is 0 Å². The summed E-state index contributed by atoms with van der Waals surface area (Å²) in [6.07, 6.45) is 9.45. The molecule has 0 bridgehead atoms. The molecule has 4 heterocycles. The van der Waals surface area contributed by atoms with Crippen LogP contribution < -0.4 is 10.6 Å². The molecule has 1 saturated carbocycles. The van der Waals surface area contributed by atoms with Crippen LogP contribution in [0.4, 0.5) is 5.82 Å². The maximum absolute atomic E-state index is 4.82. The van der Waals surface area contributed by atoms with Gasteiger partial charge in [0, 0.05) is 24.2 Å². The molecular formula is C19H22N6. The van der Waals surface area contributed by atoms with Crippen molar-refractivity contribution in [2.45, 2.75) is 37.6 Å². The van der Waals surface area contributed by atoms with Gasteiger partial charge in [-0.25, -0.2) is 9.97 Å². The maximum Gasteiger partial charge on any atom is 0.155 e. The molecule has 6 nitrogen and oxygen atoms in total. The minimum absolute atomic E-state index is 0.238. The average molecular weight is 334 g/mol. The zero-order valence-electron chi connectivity index (χ0n) is 14.4. The summed E-state index contributed by atoms with van der Waals surface area (Å²) >= 11 is 0. The van der Waals surface area contributed by atoms with Gasteiger partial charge < -0.3 is 10.6 Å². The average Bonchev–Trinajstić information content (AvgIpc) is 3.03. The molecule has 2 fully saturated rings. The molecule has 1 atom stereocenters. The molecule has 3 aromatic heterocycles. The number of nitrogens with one attached hydrogen (secondary N) is 2. The van der Waals surface area contributed by atoms with E-state index < -0.39 is 0 Å². The summed E-state index contributed by atoms with van der Waals surface area (Å²) in [5, 5.41) is 6.90. The van der Waals surface area contributed by atoms with Crippen LogP contribution >= 0.6 is 0 Å². The van der Waals surface area contributed by atoms with Gasteiger partial charge >= 0.3 is 0 Å². The number of rotatable bonds is 4. The Morgan fingerprint density at radius 1 is 1.24 bits per heavy atom. The second-order valence-corrected chi connectivity index (χ2v) is 7.45. The van der Waals surface area contributed by atoms with Gasteiger partial charge in [-0.15, -0.1) is 0 Å². The van der Waals surface area contributed by atoms with Crippen molar-refractivity contribution >= 4 is 11.5 Å². The van der Waals surface area contributed by atoms with Gasteiger partial charge in [-0.1, -0.05) is 13.0 Å². The van der Waals surface area contributed by atoms with E-state index in [4.69, 9.17) is 4.98 Å². The quantitative estimate of drug-likeness (QED) is 0.768. The predicted octanol–water partition coefficient (Wildman–Crippen LogP) is 2.62. The molecule has 0 radical (unpaired) electrons. The van der Waals surface area contributed by atoms with Crippen molar-refractivity contribution in [3.63, 3.8) is 0 Å². The largest absolute Gasteiger partial charge is 0.366 e. The first kappa shape index (κ1) is 14.8. The third-order valence-electron chi connectivity index (χ3n) is 5.44. The lowest BCUT2D eigenvalue weighted by atomic mass is 10.1. The monoisotopic (exact) mass is 334 g/mol. The Morgan fingerprint density at radius 2 is 2.16 bits per heavy atom. The fourth-order valence-electron chi connectivity index (χ4n) is 3.48. The zero-order chi connectivity index (χ0) is 16.9. The number of pyridine rings is 1. The van der Waals surface area contributed by atoms with Crippen molar-refractivity contribution in [2.24, 2.45) is 0 Å². The highest BCUT2D eigenvalue weighted by molar-refractivity contribution is 5.61. The predicted molar refractivity (Wildman–Crippen MR) is 97.7 cm³/mol. The van der Waals surface area contributed by atoms with Crippen molar-refractivity contribution in [1.82, 2.24) is 24.7 Å². The molecule has 6 heteroatoms. The molecule has 3 aromatic rings. The summed E-state index contributed by atoms with van der Waals surface area (Å²) < 4.78 is 2.12. The Morgan fingerprint density at radius 3 is 2.96 bits per heavy atom. The fraction of sp³-hybridized carbons (Fsp3) is 0.421. The minimum atomic E-state index is 0.238. The SMILES string of the molecule is CC1(c2cn3c(-c4cccc(N[C@@H]5CCNC5)n4)cnc3cn2)CC1. The molecule has 0 spiro atoms. The van der Waals surface area contributed by atoms with Crippen molar-refractivity contribution in [1.29, 1.82) is 0 Å². The Balaban J connectivity index is 1.52. The highest BCUT2D eigenvalue weighted by Gasteiger charge is 2.40. The van der Waals surface area contributed by atoms with Gasteiger partial charge in [0.1, 0.15) is 5.82 Å². The van der Waals surface area contributed by atoms with Crippen molar-refractivity contribution in [3.05, 3.63) is 42.5 Å². The van der Waals surface area contributed by atoms with E-state index in [9.17, 15) is 0 Å². The summed E-state index contributed by atoms with van der Waals surface area (Å²) in [6, 6.07) is 6.58. The molecular weight excluding hydrogens is 312 g/mol. The number of imidazole rings is 1. The van der Waals surface area contributed by atoms with Gasteiger partial charge in [0.25, 0.3) is 0 Å². The van der Waals surface area contributed by atoms with Crippen LogP contribution in [0.1, 0.15) is 31.9 Å². The Kier molecular flexibility index (Phi) is 3.28. The molecule has 0 aromatic carbocycles. The third kappa shape index (κ3) is 2.66. The van der Waals surface area contributed by atoms with Crippen LogP contribution in [0.5, 0.6) is 0 Å². The summed E-state index contributed by atoms with van der Waals surface area (Å²) in [4.78, 5) is 13.9. The van der Waals surface area contributed by atoms with E-state index in [0.717, 1.165) is 48.1 Å². The molecule has 128 valence electrons. The van der Waals surface area contributed by atoms with Crippen LogP contribution in [-0.2, 0) is 5.41 Å². The van der Waals surface area contributed by atoms with E-state index in [0.29, 0.717) is 6.04 Å². The van der Waals surface area contributed by atoms with Crippen LogP contribution in [-0.4, -0.2) is 38.5 Å². The first-order valence-corrected chi connectivity index (χ1v) is 9.00. The fourth-order valence-corrected chi connectivity index (χ4v) is 3.48. The van der Waals surface area contributed by atoms with Crippen molar-refractivity contribution in [2.75, 3.05) is 18.4 Å². The molecule has 0 amide bonds. The molecule has 1 aliphatic carbocycles. The number of anilines is 1. The first-order valence-electron chi connectivity index (χ1n) is 9.00. The van der Waals surface area contributed by atoms with Crippen molar-refractivity contribution in [3.8, 4) is 11.4 Å². The molecule has 25 heavy (non-hydrogen) atoms. The van der Waals surface area contributed by atoms with Gasteiger partial charge in [0.15, 0.2) is 5.65 Å². The topological polar surface area (TPSA) is 67.1 Å². The number of nitrogens with zero attached hydrogens (tertiary/aromatic N) is 4. The Labute approximate surface area is 146 Å². The highest BCUT2D eigenvalue weighted by atomic mass is 15.1. The summed E-state index contributed by atoms with van der Waals surface area (Å²) in [5.74, 6) is 0.921. The lowest BCUT2D eigenvalue weighted by Gasteiger charge is -2.13. The summed E-state index contributed by atoms with van der Waals surface area (Å²) in [7, 11) is 0. The standard InChI is InChI=1S/C19H22N6/c1-19(6-7-19)16-12-25-15(10-22-18(25)11-21-16)14-3-2-4-17(24-14)23-13-5-8-20-9-13/h2-4,10-13,20H,5-9H2,1H3,(H,23,24)/t13-/m1/s1. The number of fused-ring (bicyclic) bond motifs is 1. The van der Waals surface area contributed by atoms with E-state index in [-0.39, 0.29) is 5.41 Å². The lowest BCUT2D eigenvalue weighted by Crippen LogP contribution is -2.22. The Bertz CT molecular complexity index is 921. The smallest absolute Gasteiger partial charge is 0.155 e. The van der Waals surface area contributed by atoms with Crippen LogP contribution in [0.15, 0.2) is 36.8 Å². The van der Waals surface area contributed by atoms with E-state index in [1.807, 2.05) is 24.5 Å².